The van der Waals surface area contributed by atoms with Gasteiger partial charge in [-0.1, -0.05) is 17.4 Å². The van der Waals surface area contributed by atoms with Gasteiger partial charge in [-0.2, -0.15) is 4.99 Å². The van der Waals surface area contributed by atoms with Gasteiger partial charge in [0.1, 0.15) is 11.5 Å². The summed E-state index contributed by atoms with van der Waals surface area (Å²) in [5.74, 6) is 1.00. The molecule has 1 amide bonds. The quantitative estimate of drug-likeness (QED) is 0.605. The number of rotatable bonds is 6. The molecule has 0 fully saturated rings. The Morgan fingerprint density at radius 1 is 1.19 bits per heavy atom. The molecule has 0 saturated carbocycles. The molecule has 0 bridgehead atoms. The molecule has 5 nitrogen and oxygen atoms in total. The number of aromatic nitrogens is 1. The molecule has 1 aromatic heterocycles. The van der Waals surface area contributed by atoms with Crippen molar-refractivity contribution in [1.82, 2.24) is 4.57 Å². The Kier molecular flexibility index (Phi) is 5.76. The molecule has 0 saturated heterocycles. The van der Waals surface area contributed by atoms with Crippen molar-refractivity contribution in [3.8, 4) is 11.5 Å². The molecule has 0 aliphatic carbocycles. The largest absolute Gasteiger partial charge is 0.497 e. The lowest BCUT2D eigenvalue weighted by Crippen LogP contribution is -2.19. The van der Waals surface area contributed by atoms with Gasteiger partial charge in [0.2, 0.25) is 0 Å². The maximum atomic E-state index is 12.3. The Morgan fingerprint density at radius 3 is 2.52 bits per heavy atom. The monoisotopic (exact) mass is 382 g/mol. The molecular formula is C21H22N2O3S. The molecule has 2 aromatic carbocycles. The Bertz CT molecular complexity index is 1050. The number of aryl methyl sites for hydroxylation is 2. The minimum absolute atomic E-state index is 0.118. The van der Waals surface area contributed by atoms with Gasteiger partial charge in [-0.05, 0) is 61.4 Å². The number of hydrogen-bond donors (Lipinski definition) is 0. The second-order valence-corrected chi connectivity index (χ2v) is 7.17. The first-order valence-corrected chi connectivity index (χ1v) is 9.39. The van der Waals surface area contributed by atoms with Gasteiger partial charge >= 0.3 is 0 Å². The molecule has 0 aliphatic heterocycles. The molecule has 0 N–H and O–H groups in total. The molecule has 0 spiro atoms. The second-order valence-electron chi connectivity index (χ2n) is 6.16. The fraction of sp³-hybridized carbons (Fsp3) is 0.238. The molecule has 1 heterocycles. The van der Waals surface area contributed by atoms with Crippen LogP contribution in [0.2, 0.25) is 0 Å². The first-order valence-electron chi connectivity index (χ1n) is 8.57. The summed E-state index contributed by atoms with van der Waals surface area (Å²) in [6.07, 6.45) is 1.80. The van der Waals surface area contributed by atoms with E-state index >= 15 is 0 Å². The fourth-order valence-corrected chi connectivity index (χ4v) is 3.80. The lowest BCUT2D eigenvalue weighted by Gasteiger charge is -2.05. The van der Waals surface area contributed by atoms with Gasteiger partial charge in [-0.15, -0.1) is 6.58 Å². The summed E-state index contributed by atoms with van der Waals surface area (Å²) in [7, 11) is 1.60. The molecule has 3 rings (SSSR count). The van der Waals surface area contributed by atoms with Gasteiger partial charge in [-0.3, -0.25) is 4.79 Å². The van der Waals surface area contributed by atoms with Crippen molar-refractivity contribution in [1.29, 1.82) is 0 Å². The number of benzene rings is 2. The van der Waals surface area contributed by atoms with E-state index in [1.54, 1.807) is 37.5 Å². The summed E-state index contributed by atoms with van der Waals surface area (Å²) in [5, 5.41) is 0. The summed E-state index contributed by atoms with van der Waals surface area (Å²) in [6, 6.07) is 11.3. The van der Waals surface area contributed by atoms with Crippen molar-refractivity contribution >= 4 is 27.5 Å². The van der Waals surface area contributed by atoms with E-state index in [0.29, 0.717) is 17.1 Å². The highest BCUT2D eigenvalue weighted by Gasteiger charge is 2.09. The summed E-state index contributed by atoms with van der Waals surface area (Å²) >= 11 is 1.50. The highest BCUT2D eigenvalue weighted by Crippen LogP contribution is 2.22. The highest BCUT2D eigenvalue weighted by atomic mass is 32.1. The molecule has 140 valence electrons. The van der Waals surface area contributed by atoms with E-state index in [-0.39, 0.29) is 12.5 Å². The number of methoxy groups -OCH3 is 1. The maximum Gasteiger partial charge on any atom is 0.286 e. The summed E-state index contributed by atoms with van der Waals surface area (Å²) in [5.41, 5.74) is 3.49. The van der Waals surface area contributed by atoms with E-state index in [2.05, 4.69) is 37.6 Å². The molecule has 3 aromatic rings. The highest BCUT2D eigenvalue weighted by molar-refractivity contribution is 7.16. The van der Waals surface area contributed by atoms with Gasteiger partial charge < -0.3 is 14.0 Å². The van der Waals surface area contributed by atoms with E-state index < -0.39 is 0 Å². The maximum absolute atomic E-state index is 12.3. The van der Waals surface area contributed by atoms with Gasteiger partial charge in [0, 0.05) is 6.54 Å². The van der Waals surface area contributed by atoms with Crippen LogP contribution in [0.3, 0.4) is 0 Å². The molecular weight excluding hydrogens is 360 g/mol. The fourth-order valence-electron chi connectivity index (χ4n) is 2.67. The van der Waals surface area contributed by atoms with Crippen molar-refractivity contribution in [2.75, 3.05) is 13.7 Å². The van der Waals surface area contributed by atoms with Crippen molar-refractivity contribution in [2.24, 2.45) is 4.99 Å². The number of carbonyl (C=O) groups excluding carboxylic acids is 1. The van der Waals surface area contributed by atoms with Crippen LogP contribution < -0.4 is 14.3 Å². The zero-order valence-corrected chi connectivity index (χ0v) is 16.5. The van der Waals surface area contributed by atoms with E-state index in [1.165, 1.54) is 22.5 Å². The van der Waals surface area contributed by atoms with Gasteiger partial charge in [0.15, 0.2) is 11.4 Å². The number of fused-ring (bicyclic) bond motifs is 1. The lowest BCUT2D eigenvalue weighted by molar-refractivity contribution is -0.120. The number of thiazole rings is 1. The second kappa shape index (κ2) is 8.22. The average Bonchev–Trinajstić information content (AvgIpc) is 2.97. The minimum Gasteiger partial charge on any atom is -0.497 e. The number of allylic oxidation sites excluding steroid dienone is 1. The zero-order valence-electron chi connectivity index (χ0n) is 15.7. The van der Waals surface area contributed by atoms with E-state index in [9.17, 15) is 4.79 Å². The predicted octanol–water partition coefficient (Wildman–Crippen LogP) is 4.02. The Hall–Kier alpha value is -2.86. The minimum atomic E-state index is -0.330. The Balaban J connectivity index is 1.85. The molecule has 0 unspecified atom stereocenters. The van der Waals surface area contributed by atoms with E-state index in [4.69, 9.17) is 9.47 Å². The predicted molar refractivity (Wildman–Crippen MR) is 109 cm³/mol. The SMILES string of the molecule is C=CCn1c(=NC(=O)COc2ccc(OC)cc2)sc2cc(C)c(C)cc21. The van der Waals surface area contributed by atoms with Crippen LogP contribution in [0.4, 0.5) is 0 Å². The summed E-state index contributed by atoms with van der Waals surface area (Å²) in [4.78, 5) is 17.2. The third-order valence-corrected chi connectivity index (χ3v) is 5.29. The molecule has 6 heteroatoms. The first-order chi connectivity index (χ1) is 13.0. The Morgan fingerprint density at radius 2 is 1.85 bits per heavy atom. The van der Waals surface area contributed by atoms with Crippen LogP contribution in [-0.2, 0) is 11.3 Å². The lowest BCUT2D eigenvalue weighted by atomic mass is 10.1. The Labute approximate surface area is 162 Å². The summed E-state index contributed by atoms with van der Waals surface area (Å²) in [6.45, 7) is 8.45. The topological polar surface area (TPSA) is 52.8 Å². The summed E-state index contributed by atoms with van der Waals surface area (Å²) < 4.78 is 13.7. The van der Waals surface area contributed by atoms with Crippen molar-refractivity contribution < 1.29 is 14.3 Å². The van der Waals surface area contributed by atoms with Crippen molar-refractivity contribution in [3.63, 3.8) is 0 Å². The van der Waals surface area contributed by atoms with Gasteiger partial charge in [0.05, 0.1) is 17.3 Å². The van der Waals surface area contributed by atoms with Crippen LogP contribution in [0, 0.1) is 13.8 Å². The zero-order chi connectivity index (χ0) is 19.4. The van der Waals surface area contributed by atoms with Crippen LogP contribution in [0.1, 0.15) is 11.1 Å². The van der Waals surface area contributed by atoms with Crippen LogP contribution in [0.5, 0.6) is 11.5 Å². The smallest absolute Gasteiger partial charge is 0.286 e. The van der Waals surface area contributed by atoms with Crippen LogP contribution in [-0.4, -0.2) is 24.2 Å². The van der Waals surface area contributed by atoms with Crippen molar-refractivity contribution in [3.05, 3.63) is 65.0 Å². The van der Waals surface area contributed by atoms with Crippen LogP contribution in [0.25, 0.3) is 10.2 Å². The number of nitrogens with zero attached hydrogens (tertiary/aromatic N) is 2. The third-order valence-electron chi connectivity index (χ3n) is 4.25. The van der Waals surface area contributed by atoms with E-state index in [0.717, 1.165) is 16.0 Å². The third kappa shape index (κ3) is 4.28. The number of carbonyl (C=O) groups is 1. The normalized spacial score (nSPS) is 11.6. The standard InChI is InChI=1S/C21H22N2O3S/c1-5-10-23-18-11-14(2)15(3)12-19(18)27-21(23)22-20(24)13-26-17-8-6-16(25-4)7-9-17/h5-9,11-12H,1,10,13H2,2-4H3. The van der Waals surface area contributed by atoms with Crippen LogP contribution >= 0.6 is 11.3 Å². The van der Waals surface area contributed by atoms with Gasteiger partial charge in [0.25, 0.3) is 5.91 Å². The first kappa shape index (κ1) is 18.9. The number of amides is 1. The molecule has 0 aliphatic rings. The average molecular weight is 382 g/mol. The number of hydrogen-bond acceptors (Lipinski definition) is 4. The van der Waals surface area contributed by atoms with E-state index in [1.807, 2.05) is 4.57 Å². The number of ether oxygens (including phenoxy) is 2. The van der Waals surface area contributed by atoms with Crippen molar-refractivity contribution in [2.45, 2.75) is 20.4 Å². The van der Waals surface area contributed by atoms with Gasteiger partial charge in [-0.25, -0.2) is 0 Å². The molecule has 27 heavy (non-hydrogen) atoms. The molecule has 0 radical (unpaired) electrons. The van der Waals surface area contributed by atoms with Crippen LogP contribution in [0.15, 0.2) is 54.0 Å². The molecule has 0 atom stereocenters.